The summed E-state index contributed by atoms with van der Waals surface area (Å²) in [7, 11) is 2.72. The van der Waals surface area contributed by atoms with Crippen molar-refractivity contribution in [3.8, 4) is 5.75 Å². The van der Waals surface area contributed by atoms with Gasteiger partial charge in [0.15, 0.2) is 0 Å². The molecule has 0 saturated carbocycles. The molecule has 0 amide bonds. The van der Waals surface area contributed by atoms with Gasteiger partial charge in [-0.25, -0.2) is 9.18 Å². The minimum atomic E-state index is -0.523. The molecule has 0 saturated heterocycles. The van der Waals surface area contributed by atoms with E-state index in [1.807, 2.05) is 0 Å². The first-order chi connectivity index (χ1) is 7.17. The highest BCUT2D eigenvalue weighted by molar-refractivity contribution is 5.86. The van der Waals surface area contributed by atoms with E-state index < -0.39 is 11.8 Å². The fourth-order valence-electron chi connectivity index (χ4n) is 0.996. The first kappa shape index (κ1) is 11.2. The van der Waals surface area contributed by atoms with Crippen molar-refractivity contribution in [3.05, 3.63) is 35.7 Å². The molecule has 0 spiro atoms. The first-order valence-corrected chi connectivity index (χ1v) is 4.27. The minimum absolute atomic E-state index is 0.307. The lowest BCUT2D eigenvalue weighted by Crippen LogP contribution is -1.94. The molecule has 0 aliphatic carbocycles. The standard InChI is InChI=1S/C11H11FO3/c1-14-9-5-3-8(10(12)7-9)4-6-11(13)15-2/h3-7H,1-2H3/b6-4+. The molecule has 0 aromatic heterocycles. The first-order valence-electron chi connectivity index (χ1n) is 4.27. The highest BCUT2D eigenvalue weighted by atomic mass is 19.1. The highest BCUT2D eigenvalue weighted by Gasteiger charge is 2.01. The Morgan fingerprint density at radius 1 is 1.40 bits per heavy atom. The van der Waals surface area contributed by atoms with Gasteiger partial charge in [-0.05, 0) is 18.2 Å². The maximum absolute atomic E-state index is 13.3. The normalized spacial score (nSPS) is 10.3. The van der Waals surface area contributed by atoms with E-state index >= 15 is 0 Å². The van der Waals surface area contributed by atoms with Gasteiger partial charge in [-0.15, -0.1) is 0 Å². The van der Waals surface area contributed by atoms with Crippen molar-refractivity contribution in [3.63, 3.8) is 0 Å². The summed E-state index contributed by atoms with van der Waals surface area (Å²) < 4.78 is 22.5. The average Bonchev–Trinajstić information content (AvgIpc) is 2.26. The second-order valence-electron chi connectivity index (χ2n) is 2.74. The van der Waals surface area contributed by atoms with Gasteiger partial charge in [0, 0.05) is 17.7 Å². The third kappa shape index (κ3) is 3.09. The molecule has 0 bridgehead atoms. The van der Waals surface area contributed by atoms with Gasteiger partial charge in [-0.2, -0.15) is 0 Å². The zero-order chi connectivity index (χ0) is 11.3. The molecule has 0 fully saturated rings. The second-order valence-corrected chi connectivity index (χ2v) is 2.74. The fraction of sp³-hybridized carbons (Fsp3) is 0.182. The van der Waals surface area contributed by atoms with Crippen LogP contribution in [-0.2, 0) is 9.53 Å². The van der Waals surface area contributed by atoms with Gasteiger partial charge in [0.2, 0.25) is 0 Å². The monoisotopic (exact) mass is 210 g/mol. The molecule has 1 aromatic carbocycles. The Bertz CT molecular complexity index is 385. The smallest absolute Gasteiger partial charge is 0.330 e. The highest BCUT2D eigenvalue weighted by Crippen LogP contribution is 2.17. The average molecular weight is 210 g/mol. The largest absolute Gasteiger partial charge is 0.497 e. The molecule has 4 heteroatoms. The van der Waals surface area contributed by atoms with Gasteiger partial charge in [0.1, 0.15) is 11.6 Å². The van der Waals surface area contributed by atoms with E-state index in [0.717, 1.165) is 6.08 Å². The van der Waals surface area contributed by atoms with Crippen molar-refractivity contribution in [2.24, 2.45) is 0 Å². The minimum Gasteiger partial charge on any atom is -0.497 e. The number of ether oxygens (including phenoxy) is 2. The van der Waals surface area contributed by atoms with E-state index in [-0.39, 0.29) is 0 Å². The molecule has 0 N–H and O–H groups in total. The number of benzene rings is 1. The molecular formula is C11H11FO3. The van der Waals surface area contributed by atoms with Crippen LogP contribution >= 0.6 is 0 Å². The number of hydrogen-bond donors (Lipinski definition) is 0. The van der Waals surface area contributed by atoms with Crippen molar-refractivity contribution < 1.29 is 18.7 Å². The van der Waals surface area contributed by atoms with Crippen molar-refractivity contribution in [1.29, 1.82) is 0 Å². The molecule has 0 aliphatic heterocycles. The molecule has 80 valence electrons. The summed E-state index contributed by atoms with van der Waals surface area (Å²) >= 11 is 0. The Morgan fingerprint density at radius 3 is 2.67 bits per heavy atom. The topological polar surface area (TPSA) is 35.5 Å². The van der Waals surface area contributed by atoms with Gasteiger partial charge in [0.25, 0.3) is 0 Å². The molecular weight excluding hydrogens is 199 g/mol. The van der Waals surface area contributed by atoms with Gasteiger partial charge < -0.3 is 9.47 Å². The maximum Gasteiger partial charge on any atom is 0.330 e. The second kappa shape index (κ2) is 5.14. The van der Waals surface area contributed by atoms with Crippen LogP contribution in [-0.4, -0.2) is 20.2 Å². The van der Waals surface area contributed by atoms with Crippen LogP contribution < -0.4 is 4.74 Å². The van der Waals surface area contributed by atoms with Crippen LogP contribution in [0.25, 0.3) is 6.08 Å². The van der Waals surface area contributed by atoms with E-state index in [1.165, 1.54) is 32.4 Å². The van der Waals surface area contributed by atoms with E-state index in [9.17, 15) is 9.18 Å². The lowest BCUT2D eigenvalue weighted by Gasteiger charge is -2.01. The van der Waals surface area contributed by atoms with E-state index in [2.05, 4.69) is 4.74 Å². The summed E-state index contributed by atoms with van der Waals surface area (Å²) in [6.07, 6.45) is 2.51. The number of hydrogen-bond acceptors (Lipinski definition) is 3. The lowest BCUT2D eigenvalue weighted by molar-refractivity contribution is -0.134. The molecule has 0 heterocycles. The number of rotatable bonds is 3. The molecule has 0 aliphatic rings. The number of halogens is 1. The van der Waals surface area contributed by atoms with Crippen LogP contribution in [0.4, 0.5) is 4.39 Å². The number of methoxy groups -OCH3 is 2. The summed E-state index contributed by atoms with van der Waals surface area (Å²) in [5, 5.41) is 0. The Balaban J connectivity index is 2.87. The van der Waals surface area contributed by atoms with Crippen LogP contribution in [0.1, 0.15) is 5.56 Å². The third-order valence-corrected chi connectivity index (χ3v) is 1.81. The fourth-order valence-corrected chi connectivity index (χ4v) is 0.996. The third-order valence-electron chi connectivity index (χ3n) is 1.81. The van der Waals surface area contributed by atoms with Crippen molar-refractivity contribution in [2.75, 3.05) is 14.2 Å². The van der Waals surface area contributed by atoms with Crippen LogP contribution in [0.2, 0.25) is 0 Å². The molecule has 1 rings (SSSR count). The van der Waals surface area contributed by atoms with Crippen LogP contribution in [0, 0.1) is 5.82 Å². The SMILES string of the molecule is COC(=O)/C=C/c1ccc(OC)cc1F. The number of carbonyl (C=O) groups excluding carboxylic acids is 1. The van der Waals surface area contributed by atoms with Crippen molar-refractivity contribution in [2.45, 2.75) is 0 Å². The van der Waals surface area contributed by atoms with Crippen LogP contribution in [0.3, 0.4) is 0 Å². The van der Waals surface area contributed by atoms with Crippen LogP contribution in [0.15, 0.2) is 24.3 Å². The van der Waals surface area contributed by atoms with Gasteiger partial charge in [-0.1, -0.05) is 0 Å². The Morgan fingerprint density at radius 2 is 2.13 bits per heavy atom. The Kier molecular flexibility index (Phi) is 3.85. The molecule has 15 heavy (non-hydrogen) atoms. The zero-order valence-electron chi connectivity index (χ0n) is 8.49. The zero-order valence-corrected chi connectivity index (χ0v) is 8.49. The predicted molar refractivity (Wildman–Crippen MR) is 54.0 cm³/mol. The summed E-state index contributed by atoms with van der Waals surface area (Å²) in [5.74, 6) is -0.539. The van der Waals surface area contributed by atoms with Gasteiger partial charge >= 0.3 is 5.97 Å². The number of esters is 1. The molecule has 3 nitrogen and oxygen atoms in total. The van der Waals surface area contributed by atoms with Crippen molar-refractivity contribution >= 4 is 12.0 Å². The Labute approximate surface area is 87.1 Å². The van der Waals surface area contributed by atoms with Gasteiger partial charge in [-0.3, -0.25) is 0 Å². The summed E-state index contributed by atoms with van der Waals surface area (Å²) in [6, 6.07) is 4.38. The molecule has 0 radical (unpaired) electrons. The summed E-state index contributed by atoms with van der Waals surface area (Å²) in [4.78, 5) is 10.8. The van der Waals surface area contributed by atoms with Crippen molar-refractivity contribution in [1.82, 2.24) is 0 Å². The maximum atomic E-state index is 13.3. The van der Waals surface area contributed by atoms with E-state index in [0.29, 0.717) is 11.3 Å². The van der Waals surface area contributed by atoms with Gasteiger partial charge in [0.05, 0.1) is 14.2 Å². The van der Waals surface area contributed by atoms with E-state index in [1.54, 1.807) is 6.07 Å². The predicted octanol–water partition coefficient (Wildman–Crippen LogP) is 2.02. The Hall–Kier alpha value is -1.84. The van der Waals surface area contributed by atoms with Crippen LogP contribution in [0.5, 0.6) is 5.75 Å². The quantitative estimate of drug-likeness (QED) is 0.565. The molecule has 0 unspecified atom stereocenters. The molecule has 0 atom stereocenters. The summed E-state index contributed by atoms with van der Waals surface area (Å²) in [5.41, 5.74) is 0.307. The molecule has 1 aromatic rings. The summed E-state index contributed by atoms with van der Waals surface area (Å²) in [6.45, 7) is 0. The lowest BCUT2D eigenvalue weighted by atomic mass is 10.2. The number of carbonyl (C=O) groups is 1. The van der Waals surface area contributed by atoms with E-state index in [4.69, 9.17) is 4.74 Å².